The third-order valence-electron chi connectivity index (χ3n) is 6.31. The van der Waals surface area contributed by atoms with Crippen molar-refractivity contribution in [1.82, 2.24) is 4.98 Å². The van der Waals surface area contributed by atoms with E-state index in [9.17, 15) is 10.1 Å². The molecule has 2 aromatic heterocycles. The lowest BCUT2D eigenvalue weighted by molar-refractivity contribution is 0.104. The zero-order chi connectivity index (χ0) is 24.3. The molecule has 1 aliphatic carbocycles. The maximum Gasteiger partial charge on any atom is 0.238 e. The maximum atomic E-state index is 13.1. The fourth-order valence-corrected chi connectivity index (χ4v) is 7.04. The number of aromatic nitrogens is 1. The predicted octanol–water partition coefficient (Wildman–Crippen LogP) is 5.25. The second-order valence-corrected chi connectivity index (χ2v) is 11.0. The molecule has 168 valence electrons. The fourth-order valence-electron chi connectivity index (χ4n) is 4.28. The van der Waals surface area contributed by atoms with Crippen LogP contribution in [-0.2, 0) is 0 Å². The van der Waals surface area contributed by atoms with Crippen LogP contribution in [0.3, 0.4) is 0 Å². The summed E-state index contributed by atoms with van der Waals surface area (Å²) < 4.78 is 6.96. The fraction of sp³-hybridized carbons (Fsp3) is 0.115. The molecule has 3 unspecified atom stereocenters. The summed E-state index contributed by atoms with van der Waals surface area (Å²) in [5.74, 6) is 0.445. The van der Waals surface area contributed by atoms with Crippen molar-refractivity contribution in [3.8, 4) is 16.6 Å². The Morgan fingerprint density at radius 3 is 2.44 bits per heavy atom. The van der Waals surface area contributed by atoms with Crippen LogP contribution in [0.25, 0.3) is 32.6 Å². The van der Waals surface area contributed by atoms with Crippen molar-refractivity contribution < 1.29 is 9.21 Å². The van der Waals surface area contributed by atoms with Gasteiger partial charge >= 0.3 is 0 Å². The lowest BCUT2D eigenvalue weighted by atomic mass is 9.99. The van der Waals surface area contributed by atoms with Gasteiger partial charge in [0.1, 0.15) is 10.8 Å². The first-order valence-electron chi connectivity index (χ1n) is 10.5. The summed E-state index contributed by atoms with van der Waals surface area (Å²) in [4.78, 5) is 17.9. The van der Waals surface area contributed by atoms with Gasteiger partial charge in [-0.05, 0) is 59.5 Å². The number of nitrogens with zero attached hydrogens (tertiary/aromatic N) is 2. The zero-order valence-electron chi connectivity index (χ0n) is 18.8. The van der Waals surface area contributed by atoms with Crippen LogP contribution < -0.4 is 15.9 Å². The number of furan rings is 1. The number of fused-ring (bicyclic) bond motifs is 2. The van der Waals surface area contributed by atoms with E-state index in [0.29, 0.717) is 33.8 Å². The van der Waals surface area contributed by atoms with Crippen LogP contribution in [0, 0.1) is 25.2 Å². The van der Waals surface area contributed by atoms with E-state index < -0.39 is 0 Å². The van der Waals surface area contributed by atoms with Gasteiger partial charge < -0.3 is 4.42 Å². The normalized spacial score (nSPS) is 15.8. The number of rotatable bonds is 2. The standard InChI is InChI=1S/C26H21N2O2P3S/c1-11(10-27)19-15-6-4-5-7-16(15)21(29)17(19)8-14-9-18-25(30-14)28-26(34-18)20-22(31)12(2)13(3)23(32)24(20)33/h4-9H,31-33H2,1-3H3/b17-8-,19-11?. The van der Waals surface area contributed by atoms with Crippen LogP contribution in [0.15, 0.2) is 45.9 Å². The molecule has 2 heterocycles. The van der Waals surface area contributed by atoms with E-state index >= 15 is 0 Å². The number of ketones is 1. The zero-order valence-corrected chi connectivity index (χ0v) is 23.1. The minimum absolute atomic E-state index is 0.1000. The highest BCUT2D eigenvalue weighted by Crippen LogP contribution is 2.40. The molecule has 0 saturated carbocycles. The van der Waals surface area contributed by atoms with Gasteiger partial charge in [-0.1, -0.05) is 24.3 Å². The van der Waals surface area contributed by atoms with E-state index in [1.165, 1.54) is 11.1 Å². The minimum Gasteiger partial charge on any atom is -0.437 e. The van der Waals surface area contributed by atoms with Gasteiger partial charge in [0.25, 0.3) is 0 Å². The number of carbonyl (C=O) groups is 1. The van der Waals surface area contributed by atoms with Crippen LogP contribution in [-0.4, -0.2) is 10.8 Å². The molecule has 34 heavy (non-hydrogen) atoms. The number of hydrogen-bond donors (Lipinski definition) is 0. The molecule has 0 spiro atoms. The molecule has 0 saturated heterocycles. The summed E-state index contributed by atoms with van der Waals surface area (Å²) >= 11 is 1.56. The average Bonchev–Trinajstić information content (AvgIpc) is 3.47. The highest BCUT2D eigenvalue weighted by atomic mass is 32.1. The Kier molecular flexibility index (Phi) is 5.92. The average molecular weight is 518 g/mol. The number of benzene rings is 2. The van der Waals surface area contributed by atoms with Crippen molar-refractivity contribution >= 4 is 82.8 Å². The van der Waals surface area contributed by atoms with Crippen molar-refractivity contribution in [1.29, 1.82) is 5.26 Å². The Balaban J connectivity index is 1.61. The Labute approximate surface area is 208 Å². The topological polar surface area (TPSA) is 66.9 Å². The third kappa shape index (κ3) is 3.53. The molecule has 0 N–H and O–H groups in total. The molecule has 0 radical (unpaired) electrons. The van der Waals surface area contributed by atoms with Gasteiger partial charge in [0.15, 0.2) is 5.78 Å². The molecule has 3 atom stereocenters. The molecule has 4 aromatic rings. The second-order valence-electron chi connectivity index (χ2n) is 8.25. The molecule has 0 fully saturated rings. The lowest BCUT2D eigenvalue weighted by Gasteiger charge is -2.16. The summed E-state index contributed by atoms with van der Waals surface area (Å²) in [6, 6.07) is 11.5. The van der Waals surface area contributed by atoms with Crippen molar-refractivity contribution in [2.24, 2.45) is 0 Å². The van der Waals surface area contributed by atoms with Crippen molar-refractivity contribution in [2.75, 3.05) is 0 Å². The monoisotopic (exact) mass is 518 g/mol. The molecule has 2 aromatic carbocycles. The Bertz CT molecular complexity index is 1590. The summed E-state index contributed by atoms with van der Waals surface area (Å²) in [5.41, 5.74) is 7.12. The highest BCUT2D eigenvalue weighted by Gasteiger charge is 2.31. The summed E-state index contributed by atoms with van der Waals surface area (Å²) in [7, 11) is 8.52. The van der Waals surface area contributed by atoms with Crippen LogP contribution in [0.1, 0.15) is 39.7 Å². The number of nitriles is 1. The van der Waals surface area contributed by atoms with Crippen LogP contribution in [0.5, 0.6) is 0 Å². The minimum atomic E-state index is -0.1000. The Hall–Kier alpha value is -2.46. The summed E-state index contributed by atoms with van der Waals surface area (Å²) in [5, 5.41) is 13.8. The van der Waals surface area contributed by atoms with Gasteiger partial charge in [-0.3, -0.25) is 4.79 Å². The van der Waals surface area contributed by atoms with E-state index in [1.807, 2.05) is 24.3 Å². The van der Waals surface area contributed by atoms with Gasteiger partial charge in [0.2, 0.25) is 5.71 Å². The van der Waals surface area contributed by atoms with Crippen molar-refractivity contribution in [3.05, 3.63) is 69.5 Å². The van der Waals surface area contributed by atoms with Gasteiger partial charge in [-0.15, -0.1) is 39.1 Å². The molecular formula is C26H21N2O2P3S. The quantitative estimate of drug-likeness (QED) is 0.207. The second kappa shape index (κ2) is 8.64. The smallest absolute Gasteiger partial charge is 0.238 e. The first-order valence-corrected chi connectivity index (χ1v) is 13.1. The van der Waals surface area contributed by atoms with Gasteiger partial charge in [0, 0.05) is 33.9 Å². The first kappa shape index (κ1) is 23.3. The third-order valence-corrected chi connectivity index (χ3v) is 9.71. The van der Waals surface area contributed by atoms with Gasteiger partial charge in [-0.25, -0.2) is 4.98 Å². The predicted molar refractivity (Wildman–Crippen MR) is 152 cm³/mol. The van der Waals surface area contributed by atoms with Gasteiger partial charge in [-0.2, -0.15) is 5.26 Å². The molecule has 5 rings (SSSR count). The molecule has 4 nitrogen and oxygen atoms in total. The number of hydrogen-bond acceptors (Lipinski definition) is 5. The molecule has 1 aliphatic rings. The van der Waals surface area contributed by atoms with E-state index in [0.717, 1.165) is 36.7 Å². The van der Waals surface area contributed by atoms with E-state index in [-0.39, 0.29) is 5.78 Å². The van der Waals surface area contributed by atoms with E-state index in [1.54, 1.807) is 30.4 Å². The molecular weight excluding hydrogens is 497 g/mol. The number of thiazole rings is 1. The van der Waals surface area contributed by atoms with E-state index in [4.69, 9.17) is 9.40 Å². The molecule has 0 aliphatic heterocycles. The van der Waals surface area contributed by atoms with Crippen molar-refractivity contribution in [3.63, 3.8) is 0 Å². The van der Waals surface area contributed by atoms with Crippen molar-refractivity contribution in [2.45, 2.75) is 20.8 Å². The van der Waals surface area contributed by atoms with E-state index in [2.05, 4.69) is 47.6 Å². The number of carbonyl (C=O) groups excluding carboxylic acids is 1. The molecule has 0 bridgehead atoms. The lowest BCUT2D eigenvalue weighted by Crippen LogP contribution is -2.25. The Morgan fingerprint density at radius 2 is 1.76 bits per heavy atom. The number of allylic oxidation sites excluding steroid dienone is 3. The summed E-state index contributed by atoms with van der Waals surface area (Å²) in [6.45, 7) is 5.97. The van der Waals surface area contributed by atoms with Crippen LogP contribution >= 0.6 is 39.1 Å². The SMILES string of the molecule is CC(C#N)=C1/C(=C/c2cc3sc(-c4c(P)c(C)c(C)c(P)c4P)nc3o2)C(=O)c2ccccc21. The Morgan fingerprint density at radius 1 is 1.09 bits per heavy atom. The van der Waals surface area contributed by atoms with Crippen LogP contribution in [0.2, 0.25) is 0 Å². The number of Topliss-reactive ketones (excluding diaryl/α,β-unsaturated/α-hetero) is 1. The maximum absolute atomic E-state index is 13.1. The molecule has 8 heteroatoms. The summed E-state index contributed by atoms with van der Waals surface area (Å²) in [6.07, 6.45) is 1.73. The molecule has 0 amide bonds. The van der Waals surface area contributed by atoms with Crippen LogP contribution in [0.4, 0.5) is 0 Å². The van der Waals surface area contributed by atoms with Gasteiger partial charge in [0.05, 0.1) is 10.8 Å². The first-order chi connectivity index (χ1) is 16.2. The largest absolute Gasteiger partial charge is 0.437 e. The highest BCUT2D eigenvalue weighted by molar-refractivity contribution is 7.37.